The fourth-order valence-electron chi connectivity index (χ4n) is 4.48. The Hall–Kier alpha value is -0.280. The topological polar surface area (TPSA) is 26.3 Å². The Balaban J connectivity index is 1.84. The van der Waals surface area contributed by atoms with E-state index >= 15 is 0 Å². The molecule has 0 N–H and O–H groups in total. The summed E-state index contributed by atoms with van der Waals surface area (Å²) in [4.78, 5) is 12.7. The maximum Gasteiger partial charge on any atom is 0.133 e. The molecule has 3 heteroatoms. The molecule has 0 aromatic carbocycles. The van der Waals surface area contributed by atoms with Crippen molar-refractivity contribution in [2.45, 2.75) is 71.8 Å². The molecule has 0 bridgehead atoms. The van der Waals surface area contributed by atoms with Crippen molar-refractivity contribution in [2.75, 3.05) is 12.9 Å². The maximum absolute atomic E-state index is 11.4. The number of thioether (sulfide) groups is 1. The van der Waals surface area contributed by atoms with Crippen molar-refractivity contribution >= 4 is 17.5 Å². The first-order valence-electron chi connectivity index (χ1n) is 9.77. The molecule has 2 aliphatic rings. The second-order valence-electron chi connectivity index (χ2n) is 8.18. The highest BCUT2D eigenvalue weighted by molar-refractivity contribution is 8.03. The number of carbonyl (C=O) groups is 1. The number of methoxy groups -OCH3 is 1. The predicted octanol–water partition coefficient (Wildman–Crippen LogP) is 5.72. The van der Waals surface area contributed by atoms with E-state index in [2.05, 4.69) is 13.5 Å². The van der Waals surface area contributed by atoms with Crippen molar-refractivity contribution in [1.82, 2.24) is 0 Å². The van der Waals surface area contributed by atoms with E-state index in [4.69, 9.17) is 4.74 Å². The van der Waals surface area contributed by atoms with Crippen LogP contribution in [-0.4, -0.2) is 24.7 Å². The van der Waals surface area contributed by atoms with Crippen LogP contribution in [-0.2, 0) is 9.53 Å². The molecular formula is C21H36O2S. The first-order valence-corrected chi connectivity index (χ1v) is 10.8. The van der Waals surface area contributed by atoms with Crippen molar-refractivity contribution < 1.29 is 9.53 Å². The lowest BCUT2D eigenvalue weighted by atomic mass is 9.75. The molecule has 0 aromatic rings. The van der Waals surface area contributed by atoms with Gasteiger partial charge >= 0.3 is 0 Å². The molecule has 2 rings (SSSR count). The number of hydrogen-bond acceptors (Lipinski definition) is 3. The van der Waals surface area contributed by atoms with Gasteiger partial charge in [-0.25, -0.2) is 0 Å². The fourth-order valence-corrected chi connectivity index (χ4v) is 5.63. The molecule has 6 unspecified atom stereocenters. The average Bonchev–Trinajstić information content (AvgIpc) is 2.80. The summed E-state index contributed by atoms with van der Waals surface area (Å²) >= 11 is 1.82. The molecule has 0 amide bonds. The van der Waals surface area contributed by atoms with E-state index in [1.807, 2.05) is 25.8 Å². The molecule has 2 aliphatic carbocycles. The largest absolute Gasteiger partial charge is 0.381 e. The Kier molecular flexibility index (Phi) is 7.87. The molecule has 2 fully saturated rings. The Morgan fingerprint density at radius 2 is 1.75 bits per heavy atom. The van der Waals surface area contributed by atoms with Crippen molar-refractivity contribution in [2.24, 2.45) is 29.6 Å². The molecule has 0 aromatic heterocycles. The van der Waals surface area contributed by atoms with Crippen LogP contribution in [0.25, 0.3) is 0 Å². The summed E-state index contributed by atoms with van der Waals surface area (Å²) in [7, 11) is 1.87. The first-order chi connectivity index (χ1) is 11.4. The lowest BCUT2D eigenvalue weighted by molar-refractivity contribution is -0.119. The van der Waals surface area contributed by atoms with Crippen molar-refractivity contribution in [3.63, 3.8) is 0 Å². The number of fused-ring (bicyclic) bond motifs is 1. The Morgan fingerprint density at radius 3 is 2.38 bits per heavy atom. The molecule has 0 radical (unpaired) electrons. The number of rotatable bonds is 7. The van der Waals surface area contributed by atoms with Crippen LogP contribution in [0, 0.1) is 29.6 Å². The minimum Gasteiger partial charge on any atom is -0.381 e. The SMILES string of the molecule is C=C(SCC(C)C(C)=O)C(C)C1CCC2CCC(OC)CC2CC1. The van der Waals surface area contributed by atoms with Crippen LogP contribution in [0.5, 0.6) is 0 Å². The van der Waals surface area contributed by atoms with E-state index < -0.39 is 0 Å². The van der Waals surface area contributed by atoms with Crippen LogP contribution >= 0.6 is 11.8 Å². The number of hydrogen-bond donors (Lipinski definition) is 0. The summed E-state index contributed by atoms with van der Waals surface area (Å²) < 4.78 is 5.62. The van der Waals surface area contributed by atoms with Gasteiger partial charge in [0.15, 0.2) is 0 Å². The summed E-state index contributed by atoms with van der Waals surface area (Å²) in [5.74, 6) is 4.44. The van der Waals surface area contributed by atoms with Crippen LogP contribution in [0.1, 0.15) is 65.7 Å². The highest BCUT2D eigenvalue weighted by Gasteiger charge is 2.34. The number of ketones is 1. The summed E-state index contributed by atoms with van der Waals surface area (Å²) in [5, 5.41) is 0. The normalized spacial score (nSPS) is 33.2. The van der Waals surface area contributed by atoms with E-state index in [0.29, 0.717) is 12.0 Å². The molecular weight excluding hydrogens is 316 g/mol. The van der Waals surface area contributed by atoms with Crippen molar-refractivity contribution in [1.29, 1.82) is 0 Å². The molecule has 6 atom stereocenters. The lowest BCUT2D eigenvalue weighted by Gasteiger charge is -2.34. The average molecular weight is 353 g/mol. The zero-order valence-corrected chi connectivity index (χ0v) is 16.9. The fraction of sp³-hybridized carbons (Fsp3) is 0.857. The zero-order chi connectivity index (χ0) is 17.7. The van der Waals surface area contributed by atoms with E-state index in [1.165, 1.54) is 49.9 Å². The van der Waals surface area contributed by atoms with Gasteiger partial charge in [-0.3, -0.25) is 4.79 Å². The third-order valence-electron chi connectivity index (χ3n) is 6.67. The highest BCUT2D eigenvalue weighted by Crippen LogP contribution is 2.45. The Morgan fingerprint density at radius 1 is 1.12 bits per heavy atom. The monoisotopic (exact) mass is 352 g/mol. The smallest absolute Gasteiger partial charge is 0.133 e. The molecule has 0 spiro atoms. The van der Waals surface area contributed by atoms with Gasteiger partial charge < -0.3 is 4.74 Å². The van der Waals surface area contributed by atoms with Gasteiger partial charge in [0.05, 0.1) is 6.10 Å². The quantitative estimate of drug-likeness (QED) is 0.586. The molecule has 0 heterocycles. The van der Waals surface area contributed by atoms with Gasteiger partial charge in [0.1, 0.15) is 5.78 Å². The lowest BCUT2D eigenvalue weighted by Crippen LogP contribution is -2.28. The zero-order valence-electron chi connectivity index (χ0n) is 16.1. The summed E-state index contributed by atoms with van der Waals surface area (Å²) in [6, 6.07) is 0. The summed E-state index contributed by atoms with van der Waals surface area (Å²) in [6.45, 7) is 10.4. The van der Waals surface area contributed by atoms with Crippen molar-refractivity contribution in [3.05, 3.63) is 11.5 Å². The molecule has 138 valence electrons. The van der Waals surface area contributed by atoms with Gasteiger partial charge in [-0.15, -0.1) is 11.8 Å². The van der Waals surface area contributed by atoms with Crippen LogP contribution < -0.4 is 0 Å². The second kappa shape index (κ2) is 9.43. The minimum absolute atomic E-state index is 0.141. The predicted molar refractivity (Wildman–Crippen MR) is 104 cm³/mol. The standard InChI is InChI=1S/C21H36O2S/c1-14(16(3)22)13-24-17(4)15(2)18-6-8-19-10-11-21(23-5)12-20(19)9-7-18/h14-15,18-21H,4,6-13H2,1-3,5H3. The van der Waals surface area contributed by atoms with E-state index in [9.17, 15) is 4.79 Å². The van der Waals surface area contributed by atoms with Gasteiger partial charge in [-0.05, 0) is 80.4 Å². The van der Waals surface area contributed by atoms with Gasteiger partial charge in [0.25, 0.3) is 0 Å². The van der Waals surface area contributed by atoms with E-state index in [0.717, 1.165) is 23.5 Å². The summed E-state index contributed by atoms with van der Waals surface area (Å²) in [6.07, 6.45) is 9.81. The molecule has 2 saturated carbocycles. The minimum atomic E-state index is 0.141. The molecule has 0 saturated heterocycles. The van der Waals surface area contributed by atoms with Crippen LogP contribution in [0.3, 0.4) is 0 Å². The van der Waals surface area contributed by atoms with Gasteiger partial charge in [0, 0.05) is 18.8 Å². The number of ether oxygens (including phenoxy) is 1. The second-order valence-corrected chi connectivity index (χ2v) is 9.33. The molecule has 2 nitrogen and oxygen atoms in total. The van der Waals surface area contributed by atoms with Gasteiger partial charge in [0.2, 0.25) is 0 Å². The van der Waals surface area contributed by atoms with Gasteiger partial charge in [-0.1, -0.05) is 20.4 Å². The number of carbonyl (C=O) groups excluding carboxylic acids is 1. The van der Waals surface area contributed by atoms with Crippen LogP contribution in [0.2, 0.25) is 0 Å². The Labute approximate surface area is 153 Å². The number of allylic oxidation sites excluding steroid dienone is 1. The third kappa shape index (κ3) is 5.36. The molecule has 24 heavy (non-hydrogen) atoms. The molecule has 0 aliphatic heterocycles. The van der Waals surface area contributed by atoms with E-state index in [1.54, 1.807) is 6.92 Å². The Bertz CT molecular complexity index is 434. The summed E-state index contributed by atoms with van der Waals surface area (Å²) in [5.41, 5.74) is 0. The van der Waals surface area contributed by atoms with Crippen LogP contribution in [0.4, 0.5) is 0 Å². The third-order valence-corrected chi connectivity index (χ3v) is 8.08. The van der Waals surface area contributed by atoms with Crippen LogP contribution in [0.15, 0.2) is 11.5 Å². The van der Waals surface area contributed by atoms with Crippen molar-refractivity contribution in [3.8, 4) is 0 Å². The van der Waals surface area contributed by atoms with E-state index in [-0.39, 0.29) is 11.7 Å². The number of Topliss-reactive ketones (excluding diaryl/α,β-unsaturated/α-hetero) is 1. The highest BCUT2D eigenvalue weighted by atomic mass is 32.2. The first kappa shape index (κ1) is 20.0. The van der Waals surface area contributed by atoms with Gasteiger partial charge in [-0.2, -0.15) is 0 Å². The maximum atomic E-state index is 11.4.